The maximum Gasteiger partial charge on any atom is 0.332 e. The van der Waals surface area contributed by atoms with Crippen LogP contribution in [0.15, 0.2) is 70.4 Å². The molecule has 0 saturated carbocycles. The van der Waals surface area contributed by atoms with E-state index in [9.17, 15) is 19.8 Å². The van der Waals surface area contributed by atoms with Crippen molar-refractivity contribution in [1.82, 2.24) is 23.1 Å². The SMILES string of the molecule is COc1ccc(-n2c(-c3ccccc3)cn3c4c(=O)n(CC(O)CO)c(=O)n(C)c4nc23)cc1. The van der Waals surface area contributed by atoms with Gasteiger partial charge < -0.3 is 14.9 Å². The van der Waals surface area contributed by atoms with Crippen molar-refractivity contribution in [2.24, 2.45) is 7.05 Å². The molecule has 10 heteroatoms. The molecule has 0 saturated heterocycles. The Hall–Kier alpha value is -4.15. The molecule has 3 heterocycles. The molecule has 0 aliphatic rings. The van der Waals surface area contributed by atoms with Gasteiger partial charge in [0.1, 0.15) is 5.75 Å². The second kappa shape index (κ2) is 8.32. The molecule has 5 aromatic rings. The summed E-state index contributed by atoms with van der Waals surface area (Å²) in [5, 5.41) is 19.1. The molecule has 0 aliphatic heterocycles. The summed E-state index contributed by atoms with van der Waals surface area (Å²) in [5.41, 5.74) is 1.72. The Bertz CT molecular complexity index is 1610. The van der Waals surface area contributed by atoms with Gasteiger partial charge in [0.2, 0.25) is 5.78 Å². The highest BCUT2D eigenvalue weighted by molar-refractivity contribution is 5.79. The third kappa shape index (κ3) is 3.31. The average Bonchev–Trinajstić information content (AvgIpc) is 3.42. The average molecular weight is 461 g/mol. The number of aromatic nitrogens is 5. The summed E-state index contributed by atoms with van der Waals surface area (Å²) < 4.78 is 11.0. The van der Waals surface area contributed by atoms with E-state index in [0.717, 1.165) is 21.5 Å². The van der Waals surface area contributed by atoms with Crippen LogP contribution < -0.4 is 16.0 Å². The van der Waals surface area contributed by atoms with Crippen molar-refractivity contribution in [1.29, 1.82) is 0 Å². The lowest BCUT2D eigenvalue weighted by atomic mass is 10.1. The van der Waals surface area contributed by atoms with Crippen LogP contribution in [0.1, 0.15) is 0 Å². The first-order chi connectivity index (χ1) is 16.4. The molecule has 2 aromatic carbocycles. The van der Waals surface area contributed by atoms with E-state index in [1.165, 1.54) is 11.6 Å². The summed E-state index contributed by atoms with van der Waals surface area (Å²) in [4.78, 5) is 30.9. The van der Waals surface area contributed by atoms with Crippen LogP contribution in [0.3, 0.4) is 0 Å². The fourth-order valence-electron chi connectivity index (χ4n) is 4.12. The molecule has 1 unspecified atom stereocenters. The largest absolute Gasteiger partial charge is 0.497 e. The van der Waals surface area contributed by atoms with Crippen molar-refractivity contribution in [2.75, 3.05) is 13.7 Å². The van der Waals surface area contributed by atoms with Crippen LogP contribution in [0.2, 0.25) is 0 Å². The van der Waals surface area contributed by atoms with E-state index >= 15 is 0 Å². The minimum absolute atomic E-state index is 0.201. The molecule has 0 amide bonds. The van der Waals surface area contributed by atoms with Gasteiger partial charge in [-0.15, -0.1) is 0 Å². The Morgan fingerprint density at radius 3 is 2.41 bits per heavy atom. The van der Waals surface area contributed by atoms with Gasteiger partial charge in [0.25, 0.3) is 5.56 Å². The lowest BCUT2D eigenvalue weighted by Crippen LogP contribution is -2.42. The molecular formula is C24H23N5O5. The van der Waals surface area contributed by atoms with Crippen LogP contribution in [0.4, 0.5) is 0 Å². The van der Waals surface area contributed by atoms with Crippen LogP contribution in [0, 0.1) is 0 Å². The van der Waals surface area contributed by atoms with Gasteiger partial charge in [-0.25, -0.2) is 4.79 Å². The van der Waals surface area contributed by atoms with Gasteiger partial charge in [0.15, 0.2) is 11.2 Å². The molecule has 1 atom stereocenters. The molecule has 3 aromatic heterocycles. The molecule has 0 aliphatic carbocycles. The van der Waals surface area contributed by atoms with Crippen LogP contribution >= 0.6 is 0 Å². The molecule has 2 N–H and O–H groups in total. The Labute approximate surface area is 193 Å². The molecule has 174 valence electrons. The summed E-state index contributed by atoms with van der Waals surface area (Å²) in [7, 11) is 3.12. The number of imidazole rings is 2. The number of nitrogens with zero attached hydrogens (tertiary/aromatic N) is 5. The summed E-state index contributed by atoms with van der Waals surface area (Å²) >= 11 is 0. The van der Waals surface area contributed by atoms with Gasteiger partial charge in [-0.3, -0.25) is 22.9 Å². The van der Waals surface area contributed by atoms with E-state index < -0.39 is 24.0 Å². The molecular weight excluding hydrogens is 438 g/mol. The predicted molar refractivity (Wildman–Crippen MR) is 127 cm³/mol. The number of aryl methyl sites for hydroxylation is 1. The van der Waals surface area contributed by atoms with E-state index in [2.05, 4.69) is 4.98 Å². The summed E-state index contributed by atoms with van der Waals surface area (Å²) in [6.07, 6.45) is 0.568. The Balaban J connectivity index is 1.87. The molecule has 0 spiro atoms. The number of hydrogen-bond acceptors (Lipinski definition) is 6. The van der Waals surface area contributed by atoms with Crippen molar-refractivity contribution in [2.45, 2.75) is 12.6 Å². The monoisotopic (exact) mass is 461 g/mol. The van der Waals surface area contributed by atoms with E-state index in [4.69, 9.17) is 4.74 Å². The lowest BCUT2D eigenvalue weighted by molar-refractivity contribution is 0.0791. The van der Waals surface area contributed by atoms with E-state index in [1.54, 1.807) is 11.5 Å². The minimum Gasteiger partial charge on any atom is -0.497 e. The van der Waals surface area contributed by atoms with Crippen molar-refractivity contribution < 1.29 is 14.9 Å². The number of ether oxygens (including phenoxy) is 1. The van der Waals surface area contributed by atoms with Gasteiger partial charge in [-0.2, -0.15) is 4.98 Å². The molecule has 34 heavy (non-hydrogen) atoms. The fourth-order valence-corrected chi connectivity index (χ4v) is 4.12. The van der Waals surface area contributed by atoms with E-state index in [0.29, 0.717) is 11.5 Å². The van der Waals surface area contributed by atoms with Crippen LogP contribution in [0.25, 0.3) is 33.9 Å². The number of fused-ring (bicyclic) bond motifs is 3. The number of aliphatic hydroxyl groups is 2. The Kier molecular flexibility index (Phi) is 5.31. The number of rotatable bonds is 6. The molecule has 0 bridgehead atoms. The first-order valence-electron chi connectivity index (χ1n) is 10.7. The highest BCUT2D eigenvalue weighted by atomic mass is 16.5. The van der Waals surface area contributed by atoms with Crippen molar-refractivity contribution >= 4 is 16.9 Å². The molecule has 5 rings (SSSR count). The number of methoxy groups -OCH3 is 1. The topological polar surface area (TPSA) is 116 Å². The van der Waals surface area contributed by atoms with Gasteiger partial charge in [-0.1, -0.05) is 30.3 Å². The predicted octanol–water partition coefficient (Wildman–Crippen LogP) is 1.17. The first-order valence-corrected chi connectivity index (χ1v) is 10.7. The quantitative estimate of drug-likeness (QED) is 0.392. The van der Waals surface area contributed by atoms with Gasteiger partial charge in [-0.05, 0) is 24.3 Å². The van der Waals surface area contributed by atoms with Crippen LogP contribution in [-0.2, 0) is 13.6 Å². The zero-order chi connectivity index (χ0) is 24.0. The molecule has 10 nitrogen and oxygen atoms in total. The smallest absolute Gasteiger partial charge is 0.332 e. The standard InChI is InChI=1S/C24H23N5O5/c1-26-21-20(22(32)28(24(26)33)12-17(31)14-30)27-13-19(15-6-4-3-5-7-15)29(23(27)25-21)16-8-10-18(34-2)11-9-16/h3-11,13,17,30-31H,12,14H2,1-2H3. The van der Waals surface area contributed by atoms with Crippen LogP contribution in [-0.4, -0.2) is 53.1 Å². The van der Waals surface area contributed by atoms with Crippen molar-refractivity contribution in [3.05, 3.63) is 81.6 Å². The maximum absolute atomic E-state index is 13.4. The fraction of sp³-hybridized carbons (Fsp3) is 0.208. The first kappa shape index (κ1) is 21.7. The second-order valence-corrected chi connectivity index (χ2v) is 7.96. The van der Waals surface area contributed by atoms with E-state index in [-0.39, 0.29) is 17.7 Å². The van der Waals surface area contributed by atoms with Crippen LogP contribution in [0.5, 0.6) is 5.75 Å². The number of hydrogen-bond donors (Lipinski definition) is 2. The zero-order valence-electron chi connectivity index (χ0n) is 18.6. The third-order valence-electron chi connectivity index (χ3n) is 5.85. The molecule has 0 radical (unpaired) electrons. The lowest BCUT2D eigenvalue weighted by Gasteiger charge is -2.11. The van der Waals surface area contributed by atoms with Crippen molar-refractivity contribution in [3.63, 3.8) is 0 Å². The summed E-state index contributed by atoms with van der Waals surface area (Å²) in [6, 6.07) is 17.1. The maximum atomic E-state index is 13.4. The van der Waals surface area contributed by atoms with Crippen molar-refractivity contribution in [3.8, 4) is 22.7 Å². The van der Waals surface area contributed by atoms with Gasteiger partial charge >= 0.3 is 5.69 Å². The van der Waals surface area contributed by atoms with E-state index in [1.807, 2.05) is 65.4 Å². The third-order valence-corrected chi connectivity index (χ3v) is 5.85. The normalized spacial score (nSPS) is 12.5. The zero-order valence-corrected chi connectivity index (χ0v) is 18.6. The Morgan fingerprint density at radius 2 is 1.76 bits per heavy atom. The van der Waals surface area contributed by atoms with Gasteiger partial charge in [0, 0.05) is 24.5 Å². The highest BCUT2D eigenvalue weighted by Gasteiger charge is 2.23. The minimum atomic E-state index is -1.24. The summed E-state index contributed by atoms with van der Waals surface area (Å²) in [5.74, 6) is 1.15. The van der Waals surface area contributed by atoms with Gasteiger partial charge in [0.05, 0.1) is 32.1 Å². The summed E-state index contributed by atoms with van der Waals surface area (Å²) in [6.45, 7) is -0.892. The number of aliphatic hydroxyl groups excluding tert-OH is 2. The number of benzene rings is 2. The highest BCUT2D eigenvalue weighted by Crippen LogP contribution is 2.29. The second-order valence-electron chi connectivity index (χ2n) is 7.96. The molecule has 0 fully saturated rings. The Morgan fingerprint density at radius 1 is 1.06 bits per heavy atom.